The molecule has 0 unspecified atom stereocenters. The zero-order valence-corrected chi connectivity index (χ0v) is 15.1. The molecule has 4 heteroatoms. The van der Waals surface area contributed by atoms with Gasteiger partial charge >= 0.3 is 0 Å². The van der Waals surface area contributed by atoms with Crippen molar-refractivity contribution in [1.29, 1.82) is 0 Å². The largest absolute Gasteiger partial charge is 0.338 e. The van der Waals surface area contributed by atoms with Gasteiger partial charge in [0.05, 0.1) is 0 Å². The minimum Gasteiger partial charge on any atom is -0.338 e. The van der Waals surface area contributed by atoms with Gasteiger partial charge in [0.25, 0.3) is 0 Å². The standard InChI is InChI=1S/C20H31N3O/c1-16(2)22-12-9-19(10-13-22)21-14-17-6-3-4-7-18(17)15-23-11-5-8-20(23)24/h3-4,6-7,16,19,21H,5,8-15H2,1-2H3. The molecule has 0 spiro atoms. The molecule has 2 aliphatic heterocycles. The molecule has 0 aliphatic carbocycles. The van der Waals surface area contributed by atoms with Crippen LogP contribution in [0.5, 0.6) is 0 Å². The lowest BCUT2D eigenvalue weighted by Gasteiger charge is -2.35. The van der Waals surface area contributed by atoms with Crippen LogP contribution in [0, 0.1) is 0 Å². The summed E-state index contributed by atoms with van der Waals surface area (Å²) in [7, 11) is 0. The molecule has 0 bridgehead atoms. The lowest BCUT2D eigenvalue weighted by molar-refractivity contribution is -0.128. The van der Waals surface area contributed by atoms with E-state index in [1.54, 1.807) is 0 Å². The SMILES string of the molecule is CC(C)N1CCC(NCc2ccccc2CN2CCCC2=O)CC1. The minimum absolute atomic E-state index is 0.304. The van der Waals surface area contributed by atoms with E-state index in [1.165, 1.54) is 37.1 Å². The number of carbonyl (C=O) groups is 1. The molecule has 2 heterocycles. The van der Waals surface area contributed by atoms with Crippen molar-refractivity contribution < 1.29 is 4.79 Å². The van der Waals surface area contributed by atoms with Crippen LogP contribution in [0.15, 0.2) is 24.3 Å². The molecule has 132 valence electrons. The maximum Gasteiger partial charge on any atom is 0.222 e. The smallest absolute Gasteiger partial charge is 0.222 e. The third-order valence-electron chi connectivity index (χ3n) is 5.49. The number of nitrogens with one attached hydrogen (secondary N) is 1. The molecule has 2 fully saturated rings. The van der Waals surface area contributed by atoms with Gasteiger partial charge < -0.3 is 15.1 Å². The topological polar surface area (TPSA) is 35.6 Å². The van der Waals surface area contributed by atoms with Crippen LogP contribution in [-0.4, -0.2) is 47.4 Å². The Hall–Kier alpha value is -1.39. The number of likely N-dealkylation sites (tertiary alicyclic amines) is 2. The number of amides is 1. The van der Waals surface area contributed by atoms with Gasteiger partial charge in [-0.1, -0.05) is 24.3 Å². The number of rotatable bonds is 6. The Bertz CT molecular complexity index is 550. The zero-order valence-electron chi connectivity index (χ0n) is 15.1. The highest BCUT2D eigenvalue weighted by atomic mass is 16.2. The Balaban J connectivity index is 1.53. The fourth-order valence-electron chi connectivity index (χ4n) is 3.84. The molecule has 3 rings (SSSR count). The molecule has 1 aromatic rings. The Morgan fingerprint density at radius 2 is 1.83 bits per heavy atom. The molecule has 2 saturated heterocycles. The van der Waals surface area contributed by atoms with Crippen molar-refractivity contribution in [3.8, 4) is 0 Å². The van der Waals surface area contributed by atoms with E-state index in [0.29, 0.717) is 18.0 Å². The van der Waals surface area contributed by atoms with E-state index in [-0.39, 0.29) is 0 Å². The normalized spacial score (nSPS) is 20.3. The summed E-state index contributed by atoms with van der Waals surface area (Å²) in [6, 6.07) is 9.83. The summed E-state index contributed by atoms with van der Waals surface area (Å²) in [5, 5.41) is 3.74. The van der Waals surface area contributed by atoms with Gasteiger partial charge in [-0.3, -0.25) is 4.79 Å². The maximum absolute atomic E-state index is 11.9. The second kappa shape index (κ2) is 8.13. The highest BCUT2D eigenvalue weighted by molar-refractivity contribution is 5.78. The summed E-state index contributed by atoms with van der Waals surface area (Å²) in [5.41, 5.74) is 2.63. The van der Waals surface area contributed by atoms with Gasteiger partial charge in [0, 0.05) is 38.1 Å². The molecule has 0 saturated carbocycles. The van der Waals surface area contributed by atoms with Crippen molar-refractivity contribution in [1.82, 2.24) is 15.1 Å². The quantitative estimate of drug-likeness (QED) is 0.872. The first-order valence-corrected chi connectivity index (χ1v) is 9.45. The highest BCUT2D eigenvalue weighted by Gasteiger charge is 2.22. The summed E-state index contributed by atoms with van der Waals surface area (Å²) >= 11 is 0. The zero-order chi connectivity index (χ0) is 16.9. The van der Waals surface area contributed by atoms with Gasteiger partial charge in [-0.15, -0.1) is 0 Å². The first-order valence-electron chi connectivity index (χ1n) is 9.45. The Labute approximate surface area is 146 Å². The van der Waals surface area contributed by atoms with Crippen LogP contribution in [0.4, 0.5) is 0 Å². The second-order valence-corrected chi connectivity index (χ2v) is 7.47. The van der Waals surface area contributed by atoms with Gasteiger partial charge in [-0.25, -0.2) is 0 Å². The van der Waals surface area contributed by atoms with Gasteiger partial charge in [0.2, 0.25) is 5.91 Å². The molecule has 0 radical (unpaired) electrons. The second-order valence-electron chi connectivity index (χ2n) is 7.47. The van der Waals surface area contributed by atoms with Crippen molar-refractivity contribution in [2.24, 2.45) is 0 Å². The first kappa shape index (κ1) is 17.4. The molecule has 0 atom stereocenters. The van der Waals surface area contributed by atoms with Crippen molar-refractivity contribution in [3.05, 3.63) is 35.4 Å². The average Bonchev–Trinajstić information content (AvgIpc) is 2.99. The molecular weight excluding hydrogens is 298 g/mol. The van der Waals surface area contributed by atoms with Gasteiger partial charge in [0.1, 0.15) is 0 Å². The van der Waals surface area contributed by atoms with Crippen LogP contribution < -0.4 is 5.32 Å². The summed E-state index contributed by atoms with van der Waals surface area (Å²) in [5.74, 6) is 0.304. The van der Waals surface area contributed by atoms with E-state index < -0.39 is 0 Å². The lowest BCUT2D eigenvalue weighted by atomic mass is 10.0. The number of hydrogen-bond acceptors (Lipinski definition) is 3. The fraction of sp³-hybridized carbons (Fsp3) is 0.650. The number of nitrogens with zero attached hydrogens (tertiary/aromatic N) is 2. The van der Waals surface area contributed by atoms with Crippen LogP contribution in [0.3, 0.4) is 0 Å². The Morgan fingerprint density at radius 3 is 2.46 bits per heavy atom. The van der Waals surface area contributed by atoms with E-state index in [2.05, 4.69) is 48.3 Å². The van der Waals surface area contributed by atoms with E-state index in [1.807, 2.05) is 4.90 Å². The molecule has 4 nitrogen and oxygen atoms in total. The molecule has 24 heavy (non-hydrogen) atoms. The van der Waals surface area contributed by atoms with Crippen molar-refractivity contribution >= 4 is 5.91 Å². The summed E-state index contributed by atoms with van der Waals surface area (Å²) in [6.07, 6.45) is 4.18. The van der Waals surface area contributed by atoms with E-state index >= 15 is 0 Å². The Kier molecular flexibility index (Phi) is 5.90. The van der Waals surface area contributed by atoms with Gasteiger partial charge in [0.15, 0.2) is 0 Å². The third-order valence-corrected chi connectivity index (χ3v) is 5.49. The van der Waals surface area contributed by atoms with Crippen LogP contribution in [0.25, 0.3) is 0 Å². The van der Waals surface area contributed by atoms with E-state index in [4.69, 9.17) is 0 Å². The molecule has 1 amide bonds. The lowest BCUT2D eigenvalue weighted by Crippen LogP contribution is -2.44. The van der Waals surface area contributed by atoms with Gasteiger partial charge in [-0.2, -0.15) is 0 Å². The highest BCUT2D eigenvalue weighted by Crippen LogP contribution is 2.18. The van der Waals surface area contributed by atoms with Crippen molar-refractivity contribution in [3.63, 3.8) is 0 Å². The fourth-order valence-corrected chi connectivity index (χ4v) is 3.84. The van der Waals surface area contributed by atoms with Crippen molar-refractivity contribution in [2.45, 2.75) is 64.7 Å². The average molecular weight is 329 g/mol. The molecular formula is C20H31N3O. The molecule has 1 aromatic carbocycles. The predicted octanol–water partition coefficient (Wildman–Crippen LogP) is 2.77. The van der Waals surface area contributed by atoms with Crippen LogP contribution in [0.2, 0.25) is 0 Å². The van der Waals surface area contributed by atoms with Gasteiger partial charge in [-0.05, 0) is 57.3 Å². The minimum atomic E-state index is 0.304. The number of carbonyl (C=O) groups excluding carboxylic acids is 1. The van der Waals surface area contributed by atoms with E-state index in [0.717, 1.165) is 32.5 Å². The summed E-state index contributed by atoms with van der Waals surface area (Å²) < 4.78 is 0. The number of piperidine rings is 1. The monoisotopic (exact) mass is 329 g/mol. The summed E-state index contributed by atoms with van der Waals surface area (Å²) in [6.45, 7) is 9.53. The Morgan fingerprint density at radius 1 is 1.12 bits per heavy atom. The van der Waals surface area contributed by atoms with Crippen molar-refractivity contribution in [2.75, 3.05) is 19.6 Å². The molecule has 0 aromatic heterocycles. The van der Waals surface area contributed by atoms with Crippen LogP contribution in [0.1, 0.15) is 50.7 Å². The predicted molar refractivity (Wildman–Crippen MR) is 97.7 cm³/mol. The number of hydrogen-bond donors (Lipinski definition) is 1. The van der Waals surface area contributed by atoms with Crippen LogP contribution in [-0.2, 0) is 17.9 Å². The molecule has 1 N–H and O–H groups in total. The molecule has 2 aliphatic rings. The third kappa shape index (κ3) is 4.37. The van der Waals surface area contributed by atoms with E-state index in [9.17, 15) is 4.79 Å². The summed E-state index contributed by atoms with van der Waals surface area (Å²) in [4.78, 5) is 16.4. The first-order chi connectivity index (χ1) is 11.6. The maximum atomic E-state index is 11.9. The number of benzene rings is 1. The van der Waals surface area contributed by atoms with Crippen LogP contribution >= 0.6 is 0 Å².